The first-order chi connectivity index (χ1) is 7.97. The minimum absolute atomic E-state index is 0.106. The zero-order valence-electron chi connectivity index (χ0n) is 10.4. The Morgan fingerprint density at radius 3 is 2.53 bits per heavy atom. The fraction of sp³-hybridized carbons (Fsp3) is 0.462. The number of carboxylic acid groups (broad SMARTS) is 1. The average molecular weight is 238 g/mol. The molecule has 4 nitrogen and oxygen atoms in total. The lowest BCUT2D eigenvalue weighted by molar-refractivity contribution is -0.137. The summed E-state index contributed by atoms with van der Waals surface area (Å²) in [6.45, 7) is 3.77. The molecule has 0 heterocycles. The fourth-order valence-corrected chi connectivity index (χ4v) is 1.98. The normalized spacial score (nSPS) is 10.3. The zero-order valence-corrected chi connectivity index (χ0v) is 10.4. The zero-order chi connectivity index (χ0) is 13.0. The maximum Gasteiger partial charge on any atom is 0.303 e. The van der Waals surface area contributed by atoms with E-state index in [1.165, 1.54) is 7.11 Å². The molecule has 94 valence electrons. The lowest BCUT2D eigenvalue weighted by Gasteiger charge is -2.14. The molecule has 0 radical (unpaired) electrons. The number of benzene rings is 1. The summed E-state index contributed by atoms with van der Waals surface area (Å²) < 4.78 is 5.13. The van der Waals surface area contributed by atoms with E-state index in [1.54, 1.807) is 0 Å². The van der Waals surface area contributed by atoms with Gasteiger partial charge in [0.1, 0.15) is 0 Å². The lowest BCUT2D eigenvalue weighted by atomic mass is 9.98. The molecule has 0 fully saturated rings. The number of hydrogen-bond acceptors (Lipinski definition) is 3. The predicted molar refractivity (Wildman–Crippen MR) is 64.7 cm³/mol. The van der Waals surface area contributed by atoms with Gasteiger partial charge in [-0.2, -0.15) is 0 Å². The number of aliphatic carboxylic acids is 1. The van der Waals surface area contributed by atoms with Crippen LogP contribution in [0.5, 0.6) is 11.5 Å². The Morgan fingerprint density at radius 1 is 1.35 bits per heavy atom. The van der Waals surface area contributed by atoms with Crippen molar-refractivity contribution in [2.45, 2.75) is 33.1 Å². The highest BCUT2D eigenvalue weighted by atomic mass is 16.5. The highest BCUT2D eigenvalue weighted by molar-refractivity contribution is 5.66. The maximum atomic E-state index is 10.4. The van der Waals surface area contributed by atoms with E-state index in [-0.39, 0.29) is 12.2 Å². The van der Waals surface area contributed by atoms with E-state index < -0.39 is 5.97 Å². The van der Waals surface area contributed by atoms with Crippen LogP contribution in [0.3, 0.4) is 0 Å². The van der Waals surface area contributed by atoms with Crippen molar-refractivity contribution in [1.29, 1.82) is 0 Å². The quantitative estimate of drug-likeness (QED) is 0.826. The molecule has 0 bridgehead atoms. The Kier molecular flexibility index (Phi) is 4.37. The van der Waals surface area contributed by atoms with Crippen molar-refractivity contribution in [2.75, 3.05) is 7.11 Å². The molecule has 4 heteroatoms. The first-order valence-electron chi connectivity index (χ1n) is 5.55. The van der Waals surface area contributed by atoms with Crippen molar-refractivity contribution in [3.8, 4) is 11.5 Å². The largest absolute Gasteiger partial charge is 0.504 e. The number of rotatable bonds is 5. The molecule has 0 aliphatic heterocycles. The van der Waals surface area contributed by atoms with E-state index in [1.807, 2.05) is 19.9 Å². The molecule has 1 aromatic carbocycles. The third-order valence-corrected chi connectivity index (χ3v) is 2.79. The molecule has 0 aliphatic rings. The molecule has 0 aliphatic carbocycles. The van der Waals surface area contributed by atoms with E-state index in [9.17, 15) is 9.90 Å². The summed E-state index contributed by atoms with van der Waals surface area (Å²) in [5.41, 5.74) is 2.62. The Hall–Kier alpha value is -1.71. The van der Waals surface area contributed by atoms with Crippen LogP contribution < -0.4 is 4.74 Å². The molecule has 2 N–H and O–H groups in total. The predicted octanol–water partition coefficient (Wildman–Crippen LogP) is 2.42. The van der Waals surface area contributed by atoms with Gasteiger partial charge in [0.2, 0.25) is 0 Å². The highest BCUT2D eigenvalue weighted by Gasteiger charge is 2.14. The summed E-state index contributed by atoms with van der Waals surface area (Å²) in [4.78, 5) is 10.4. The van der Waals surface area contributed by atoms with Crippen LogP contribution >= 0.6 is 0 Å². The second kappa shape index (κ2) is 5.57. The Bertz CT molecular complexity index is 424. The molecule has 1 aromatic rings. The molecular weight excluding hydrogens is 220 g/mol. The number of phenols is 1. The molecule has 0 amide bonds. The van der Waals surface area contributed by atoms with Crippen molar-refractivity contribution in [2.24, 2.45) is 0 Å². The van der Waals surface area contributed by atoms with Crippen molar-refractivity contribution in [3.05, 3.63) is 22.8 Å². The summed E-state index contributed by atoms with van der Waals surface area (Å²) >= 11 is 0. The van der Waals surface area contributed by atoms with E-state index in [4.69, 9.17) is 9.84 Å². The molecule has 17 heavy (non-hydrogen) atoms. The van der Waals surface area contributed by atoms with Crippen molar-refractivity contribution in [1.82, 2.24) is 0 Å². The van der Waals surface area contributed by atoms with Crippen molar-refractivity contribution in [3.63, 3.8) is 0 Å². The monoisotopic (exact) mass is 238 g/mol. The molecule has 0 spiro atoms. The van der Waals surface area contributed by atoms with Crippen LogP contribution in [0.1, 0.15) is 29.5 Å². The summed E-state index contributed by atoms with van der Waals surface area (Å²) in [5, 5.41) is 18.6. The van der Waals surface area contributed by atoms with Gasteiger partial charge in [-0.25, -0.2) is 0 Å². The van der Waals surface area contributed by atoms with Gasteiger partial charge in [-0.05, 0) is 37.8 Å². The number of aryl methyl sites for hydroxylation is 2. The third-order valence-electron chi connectivity index (χ3n) is 2.79. The van der Waals surface area contributed by atoms with E-state index in [0.717, 1.165) is 16.7 Å². The third kappa shape index (κ3) is 3.12. The van der Waals surface area contributed by atoms with Gasteiger partial charge in [-0.1, -0.05) is 6.07 Å². The van der Waals surface area contributed by atoms with Crippen LogP contribution in [-0.4, -0.2) is 23.3 Å². The number of ether oxygens (including phenoxy) is 1. The SMILES string of the molecule is COc1c(C)cc(C)c(CCCC(=O)O)c1O. The van der Waals surface area contributed by atoms with Gasteiger partial charge in [-0.15, -0.1) is 0 Å². The van der Waals surface area contributed by atoms with E-state index in [0.29, 0.717) is 18.6 Å². The van der Waals surface area contributed by atoms with Crippen LogP contribution in [0, 0.1) is 13.8 Å². The number of aromatic hydroxyl groups is 1. The molecule has 0 saturated heterocycles. The van der Waals surface area contributed by atoms with Crippen LogP contribution in [0.4, 0.5) is 0 Å². The highest BCUT2D eigenvalue weighted by Crippen LogP contribution is 2.36. The standard InChI is InChI=1S/C13H18O4/c1-8-7-9(2)13(17-3)12(16)10(8)5-4-6-11(14)15/h7,16H,4-6H2,1-3H3,(H,14,15). The number of carbonyl (C=O) groups is 1. The van der Waals surface area contributed by atoms with Crippen LogP contribution in [0.25, 0.3) is 0 Å². The molecule has 0 unspecified atom stereocenters. The molecule has 0 aromatic heterocycles. The van der Waals surface area contributed by atoms with Gasteiger partial charge in [0.25, 0.3) is 0 Å². The summed E-state index contributed by atoms with van der Waals surface area (Å²) in [6.07, 6.45) is 1.16. The first kappa shape index (κ1) is 13.4. The number of phenolic OH excluding ortho intramolecular Hbond substituents is 1. The fourth-order valence-electron chi connectivity index (χ4n) is 1.98. The minimum atomic E-state index is -0.818. The summed E-state index contributed by atoms with van der Waals surface area (Å²) in [6, 6.07) is 1.94. The smallest absolute Gasteiger partial charge is 0.303 e. The molecular formula is C13H18O4. The van der Waals surface area contributed by atoms with Gasteiger partial charge in [0.05, 0.1) is 7.11 Å². The average Bonchev–Trinajstić information content (AvgIpc) is 2.22. The van der Waals surface area contributed by atoms with E-state index >= 15 is 0 Å². The van der Waals surface area contributed by atoms with Crippen LogP contribution in [0.15, 0.2) is 6.07 Å². The Labute approximate surface area is 101 Å². The Morgan fingerprint density at radius 2 is 2.00 bits per heavy atom. The summed E-state index contributed by atoms with van der Waals surface area (Å²) in [7, 11) is 1.51. The molecule has 0 atom stereocenters. The summed E-state index contributed by atoms with van der Waals surface area (Å²) in [5.74, 6) is -0.211. The van der Waals surface area contributed by atoms with E-state index in [2.05, 4.69) is 0 Å². The van der Waals surface area contributed by atoms with Crippen molar-refractivity contribution >= 4 is 5.97 Å². The lowest BCUT2D eigenvalue weighted by Crippen LogP contribution is -1.99. The first-order valence-corrected chi connectivity index (χ1v) is 5.55. The van der Waals surface area contributed by atoms with Crippen LogP contribution in [0.2, 0.25) is 0 Å². The topological polar surface area (TPSA) is 66.8 Å². The molecule has 0 saturated carbocycles. The minimum Gasteiger partial charge on any atom is -0.504 e. The van der Waals surface area contributed by atoms with Gasteiger partial charge in [-0.3, -0.25) is 4.79 Å². The van der Waals surface area contributed by atoms with Crippen LogP contribution in [-0.2, 0) is 11.2 Å². The van der Waals surface area contributed by atoms with Gasteiger partial charge in [0, 0.05) is 12.0 Å². The van der Waals surface area contributed by atoms with Gasteiger partial charge < -0.3 is 14.9 Å². The second-order valence-electron chi connectivity index (χ2n) is 4.12. The number of hydrogen-bond donors (Lipinski definition) is 2. The van der Waals surface area contributed by atoms with Gasteiger partial charge >= 0.3 is 5.97 Å². The molecule has 1 rings (SSSR count). The Balaban J connectivity index is 2.94. The second-order valence-corrected chi connectivity index (χ2v) is 4.12. The number of carboxylic acids is 1. The van der Waals surface area contributed by atoms with Crippen molar-refractivity contribution < 1.29 is 19.7 Å². The maximum absolute atomic E-state index is 10.4. The number of methoxy groups -OCH3 is 1. The van der Waals surface area contributed by atoms with Gasteiger partial charge in [0.15, 0.2) is 11.5 Å².